The highest BCUT2D eigenvalue weighted by Gasteiger charge is 2.35. The van der Waals surface area contributed by atoms with E-state index in [1.165, 1.54) is 0 Å². The average Bonchev–Trinajstić information content (AvgIpc) is 3.02. The smallest absolute Gasteiger partial charge is 0.315 e. The van der Waals surface area contributed by atoms with Crippen molar-refractivity contribution in [3.63, 3.8) is 0 Å². The lowest BCUT2D eigenvalue weighted by atomic mass is 10.2. The van der Waals surface area contributed by atoms with Gasteiger partial charge in [-0.05, 0) is 13.3 Å². The Balaban J connectivity index is 0. The van der Waals surface area contributed by atoms with Gasteiger partial charge in [-0.25, -0.2) is 4.79 Å². The Bertz CT molecular complexity index is 246. The Hall–Kier alpha value is -0.710. The van der Waals surface area contributed by atoms with Crippen molar-refractivity contribution >= 4 is 23.6 Å². The number of thioether (sulfide) groups is 1. The second-order valence-electron chi connectivity index (χ2n) is 4.17. The number of hydrogen-bond donors (Lipinski definition) is 2. The summed E-state index contributed by atoms with van der Waals surface area (Å²) in [4.78, 5) is 20.8. The quantitative estimate of drug-likeness (QED) is 0.783. The zero-order valence-corrected chi connectivity index (χ0v) is 14.7. The van der Waals surface area contributed by atoms with Gasteiger partial charge in [0.15, 0.2) is 0 Å². The van der Waals surface area contributed by atoms with Gasteiger partial charge < -0.3 is 15.4 Å². The number of fused-ring (bicyclic) bond motifs is 1. The van der Waals surface area contributed by atoms with E-state index in [1.54, 1.807) is 6.92 Å². The lowest BCUT2D eigenvalue weighted by molar-refractivity contribution is -0.117. The van der Waals surface area contributed by atoms with Crippen LogP contribution in [0.2, 0.25) is 0 Å². The topological polar surface area (TPSA) is 58.2 Å². The molecule has 0 radical (unpaired) electrons. The number of urea groups is 1. The van der Waals surface area contributed by atoms with Gasteiger partial charge in [-0.1, -0.05) is 41.0 Å². The maximum atomic E-state index is 10.6. The number of ketones is 1. The van der Waals surface area contributed by atoms with Crippen LogP contribution in [0.25, 0.3) is 0 Å². The molecule has 0 spiro atoms. The summed E-state index contributed by atoms with van der Waals surface area (Å²) in [5.74, 6) is 2.45. The third-order valence-corrected chi connectivity index (χ3v) is 3.79. The molecule has 120 valence electrons. The van der Waals surface area contributed by atoms with Gasteiger partial charge in [0.05, 0.1) is 12.1 Å². The Morgan fingerprint density at radius 1 is 1.15 bits per heavy atom. The molecular weight excluding hydrogens is 272 g/mol. The van der Waals surface area contributed by atoms with Gasteiger partial charge in [0.2, 0.25) is 0 Å². The minimum absolute atomic E-state index is 0.00491. The van der Waals surface area contributed by atoms with Gasteiger partial charge in [0.1, 0.15) is 5.78 Å². The minimum Gasteiger partial charge on any atom is -0.332 e. The van der Waals surface area contributed by atoms with Crippen LogP contribution in [-0.4, -0.2) is 35.4 Å². The standard InChI is InChI=1S/C6H12O.C5H8N2OS.2C2H6/c1-3-4-5-6(2)7;8-5-6-3-1-9-2-4(3)7-5;2*1-2/h3-5H2,1-2H3;3-4H,1-2H2,(H2,6,7,8);2*1-2H3. The van der Waals surface area contributed by atoms with Crippen LogP contribution in [0, 0.1) is 0 Å². The third-order valence-electron chi connectivity index (χ3n) is 2.60. The monoisotopic (exact) mass is 304 g/mol. The van der Waals surface area contributed by atoms with Crippen LogP contribution >= 0.6 is 11.8 Å². The molecule has 2 saturated heterocycles. The molecule has 0 aliphatic carbocycles. The molecule has 4 nitrogen and oxygen atoms in total. The van der Waals surface area contributed by atoms with E-state index >= 15 is 0 Å². The van der Waals surface area contributed by atoms with Gasteiger partial charge in [0.25, 0.3) is 0 Å². The van der Waals surface area contributed by atoms with E-state index in [4.69, 9.17) is 0 Å². The summed E-state index contributed by atoms with van der Waals surface area (Å²) in [6, 6.07) is 0.815. The van der Waals surface area contributed by atoms with Crippen LogP contribution in [0.1, 0.15) is 60.8 Å². The lowest BCUT2D eigenvalue weighted by Gasteiger charge is -2.02. The lowest BCUT2D eigenvalue weighted by Crippen LogP contribution is -2.31. The molecule has 0 saturated carbocycles. The number of hydrogen-bond acceptors (Lipinski definition) is 3. The van der Waals surface area contributed by atoms with Crippen LogP contribution in [0.5, 0.6) is 0 Å². The van der Waals surface area contributed by atoms with E-state index in [9.17, 15) is 9.59 Å². The van der Waals surface area contributed by atoms with E-state index < -0.39 is 0 Å². The van der Waals surface area contributed by atoms with E-state index in [0.29, 0.717) is 17.9 Å². The summed E-state index contributed by atoms with van der Waals surface area (Å²) in [6.45, 7) is 11.7. The summed E-state index contributed by atoms with van der Waals surface area (Å²) in [7, 11) is 0. The molecule has 20 heavy (non-hydrogen) atoms. The number of nitrogens with one attached hydrogen (secondary N) is 2. The summed E-state index contributed by atoms with van der Waals surface area (Å²) in [5.41, 5.74) is 0. The predicted octanol–water partition coefficient (Wildman–Crippen LogP) is 3.60. The first-order valence-corrected chi connectivity index (χ1v) is 8.93. The molecule has 2 fully saturated rings. The first-order valence-electron chi connectivity index (χ1n) is 7.77. The van der Waals surface area contributed by atoms with Crippen molar-refractivity contribution in [3.05, 3.63) is 0 Å². The molecule has 2 heterocycles. The maximum Gasteiger partial charge on any atom is 0.315 e. The van der Waals surface area contributed by atoms with Gasteiger partial charge in [-0.3, -0.25) is 0 Å². The van der Waals surface area contributed by atoms with Crippen LogP contribution in [0.15, 0.2) is 0 Å². The SMILES string of the molecule is CC.CC.CCCCC(C)=O.O=C1NC2CSCC2N1. The Kier molecular flexibility index (Phi) is 15.9. The zero-order valence-electron chi connectivity index (χ0n) is 13.9. The molecule has 0 aromatic carbocycles. The highest BCUT2D eigenvalue weighted by atomic mass is 32.2. The van der Waals surface area contributed by atoms with Crippen LogP contribution in [0.4, 0.5) is 4.79 Å². The van der Waals surface area contributed by atoms with Gasteiger partial charge >= 0.3 is 6.03 Å². The number of Topliss-reactive ketones (excluding diaryl/α,β-unsaturated/α-hetero) is 1. The summed E-state index contributed by atoms with van der Waals surface area (Å²) in [5, 5.41) is 5.69. The highest BCUT2D eigenvalue weighted by Crippen LogP contribution is 2.20. The van der Waals surface area contributed by atoms with Crippen LogP contribution < -0.4 is 10.6 Å². The Labute approximate surface area is 128 Å². The van der Waals surface area contributed by atoms with E-state index in [1.807, 2.05) is 39.5 Å². The van der Waals surface area contributed by atoms with Crippen molar-refractivity contribution in [1.82, 2.24) is 10.6 Å². The van der Waals surface area contributed by atoms with Gasteiger partial charge in [-0.15, -0.1) is 0 Å². The van der Waals surface area contributed by atoms with E-state index in [0.717, 1.165) is 30.8 Å². The molecule has 2 amide bonds. The Morgan fingerprint density at radius 2 is 1.60 bits per heavy atom. The minimum atomic E-state index is 0.00491. The molecule has 0 bridgehead atoms. The molecule has 5 heteroatoms. The maximum absolute atomic E-state index is 10.6. The van der Waals surface area contributed by atoms with E-state index in [-0.39, 0.29) is 6.03 Å². The summed E-state index contributed by atoms with van der Waals surface area (Å²) in [6.07, 6.45) is 2.94. The summed E-state index contributed by atoms with van der Waals surface area (Å²) >= 11 is 1.89. The molecule has 2 aliphatic rings. The normalized spacial score (nSPS) is 21.6. The average molecular weight is 304 g/mol. The van der Waals surface area contributed by atoms with Gasteiger partial charge in [0, 0.05) is 17.9 Å². The fraction of sp³-hybridized carbons (Fsp3) is 0.867. The van der Waals surface area contributed by atoms with Crippen LogP contribution in [0.3, 0.4) is 0 Å². The molecule has 2 aliphatic heterocycles. The number of carbonyl (C=O) groups excluding carboxylic acids is 2. The number of carbonyl (C=O) groups is 2. The second kappa shape index (κ2) is 14.7. The van der Waals surface area contributed by atoms with Crippen molar-refractivity contribution in [3.8, 4) is 0 Å². The van der Waals surface area contributed by atoms with Gasteiger partial charge in [-0.2, -0.15) is 11.8 Å². The first kappa shape index (κ1) is 21.6. The fourth-order valence-corrected chi connectivity index (χ4v) is 2.92. The summed E-state index contributed by atoms with van der Waals surface area (Å²) < 4.78 is 0. The van der Waals surface area contributed by atoms with Crippen molar-refractivity contribution in [2.75, 3.05) is 11.5 Å². The fourth-order valence-electron chi connectivity index (χ4n) is 1.64. The third kappa shape index (κ3) is 10.1. The van der Waals surface area contributed by atoms with Crippen molar-refractivity contribution in [2.24, 2.45) is 0 Å². The first-order chi connectivity index (χ1) is 9.63. The van der Waals surface area contributed by atoms with Crippen LogP contribution in [-0.2, 0) is 4.79 Å². The molecule has 2 N–H and O–H groups in total. The van der Waals surface area contributed by atoms with E-state index in [2.05, 4.69) is 17.6 Å². The number of rotatable bonds is 3. The van der Waals surface area contributed by atoms with Crippen molar-refractivity contribution in [1.29, 1.82) is 0 Å². The molecule has 0 aromatic heterocycles. The second-order valence-corrected chi connectivity index (χ2v) is 5.25. The number of amides is 2. The van der Waals surface area contributed by atoms with Crippen molar-refractivity contribution in [2.45, 2.75) is 72.9 Å². The molecule has 2 atom stereocenters. The zero-order chi connectivity index (χ0) is 16.0. The predicted molar refractivity (Wildman–Crippen MR) is 89.5 cm³/mol. The highest BCUT2D eigenvalue weighted by molar-refractivity contribution is 7.99. The molecule has 0 aromatic rings. The molecule has 2 rings (SSSR count). The molecular formula is C15H32N2O2S. The largest absolute Gasteiger partial charge is 0.332 e. The molecule has 2 unspecified atom stereocenters. The number of unbranched alkanes of at least 4 members (excludes halogenated alkanes) is 1. The van der Waals surface area contributed by atoms with Crippen molar-refractivity contribution < 1.29 is 9.59 Å². The Morgan fingerprint density at radius 3 is 1.90 bits per heavy atom.